The molecule has 5 saturated heterocycles. The van der Waals surface area contributed by atoms with Crippen molar-refractivity contribution in [3.8, 4) is 0 Å². The van der Waals surface area contributed by atoms with Crippen LogP contribution in [0.15, 0.2) is 17.9 Å². The van der Waals surface area contributed by atoms with Crippen molar-refractivity contribution in [1.29, 1.82) is 0 Å². The molecule has 31 atom stereocenters. The molecule has 460 valence electrons. The largest absolute Gasteiger partial charge is 0.432 e. The second-order valence-electron chi connectivity index (χ2n) is 24.1. The summed E-state index contributed by atoms with van der Waals surface area (Å²) in [6.07, 6.45) is -40.2. The van der Waals surface area contributed by atoms with Crippen molar-refractivity contribution in [2.24, 2.45) is 28.1 Å². The van der Waals surface area contributed by atoms with Gasteiger partial charge in [-0.25, -0.2) is 0 Å². The molecule has 0 aromatic carbocycles. The Balaban J connectivity index is 1.04. The lowest BCUT2D eigenvalue weighted by Crippen LogP contribution is -2.65. The number of esters is 1. The summed E-state index contributed by atoms with van der Waals surface area (Å²) in [6, 6.07) is 0. The van der Waals surface area contributed by atoms with E-state index in [1.165, 1.54) is 0 Å². The van der Waals surface area contributed by atoms with E-state index in [4.69, 9.17) is 47.4 Å². The average Bonchev–Trinajstić information content (AvgIpc) is 3.70. The van der Waals surface area contributed by atoms with Crippen LogP contribution in [0.2, 0.25) is 0 Å². The van der Waals surface area contributed by atoms with Crippen LogP contribution in [0.4, 0.5) is 0 Å². The van der Waals surface area contributed by atoms with Gasteiger partial charge in [-0.2, -0.15) is 0 Å². The van der Waals surface area contributed by atoms with Crippen LogP contribution in [0.5, 0.6) is 0 Å². The summed E-state index contributed by atoms with van der Waals surface area (Å²) in [4.78, 5) is 15.0. The van der Waals surface area contributed by atoms with Gasteiger partial charge < -0.3 is 134 Å². The minimum absolute atomic E-state index is 0.167. The van der Waals surface area contributed by atoms with Gasteiger partial charge in [-0.3, -0.25) is 4.79 Å². The van der Waals surface area contributed by atoms with Crippen molar-refractivity contribution >= 4 is 5.97 Å². The van der Waals surface area contributed by atoms with Crippen molar-refractivity contribution < 1.29 is 139 Å². The van der Waals surface area contributed by atoms with Gasteiger partial charge in [-0.15, -0.1) is 5.73 Å². The normalized spacial score (nSPS) is 53.0. The quantitative estimate of drug-likeness (QED) is 0.0535. The Kier molecular flexibility index (Phi) is 20.1. The smallest absolute Gasteiger partial charge is 0.314 e. The molecule has 17 N–H and O–H groups in total. The van der Waals surface area contributed by atoms with E-state index in [1.807, 2.05) is 0 Å². The third kappa shape index (κ3) is 11.7. The molecular weight excluding hydrogens is 1070 g/mol. The molecule has 0 bridgehead atoms. The Hall–Kier alpha value is -2.05. The molecule has 0 amide bonds. The van der Waals surface area contributed by atoms with Crippen molar-refractivity contribution in [2.45, 2.75) is 238 Å². The van der Waals surface area contributed by atoms with E-state index >= 15 is 0 Å². The summed E-state index contributed by atoms with van der Waals surface area (Å²) >= 11 is 0. The summed E-state index contributed by atoms with van der Waals surface area (Å²) in [6.45, 7) is 7.93. The molecule has 28 heteroatoms. The SMILES string of the molecule is C=C=C1C[C@@]2(C)CCC3[C@](C)(C(=O)OC4OC(CO)C(O)C(O)C4OC4OC(CO)C(O)C(O)C4O)CCC[C@@]3(C)[C@@H]2CC[C@@]1(C)OC1OC(COC2OC(CO)C(O)C(O)C2O)C(O)C(O)C1OC1OC(CO)C(O)C(O)C1O. The molecule has 8 aliphatic rings. The van der Waals surface area contributed by atoms with E-state index in [9.17, 15) is 91.6 Å². The molecule has 0 spiro atoms. The van der Waals surface area contributed by atoms with E-state index in [2.05, 4.69) is 26.2 Å². The molecule has 26 unspecified atom stereocenters. The number of fused-ring (bicyclic) bond motifs is 3. The van der Waals surface area contributed by atoms with Crippen LogP contribution in [-0.2, 0) is 52.2 Å². The predicted molar refractivity (Wildman–Crippen MR) is 262 cm³/mol. The molecule has 8 rings (SSSR count). The first-order valence-corrected chi connectivity index (χ1v) is 27.4. The lowest BCUT2D eigenvalue weighted by molar-refractivity contribution is -0.380. The summed E-state index contributed by atoms with van der Waals surface area (Å²) in [7, 11) is 0. The number of hydrogen-bond donors (Lipinski definition) is 17. The number of ether oxygens (including phenoxy) is 10. The van der Waals surface area contributed by atoms with Crippen LogP contribution >= 0.6 is 0 Å². The number of hydrogen-bond acceptors (Lipinski definition) is 28. The fourth-order valence-corrected chi connectivity index (χ4v) is 14.2. The highest BCUT2D eigenvalue weighted by molar-refractivity contribution is 5.77. The molecule has 0 aromatic rings. The number of rotatable bonds is 15. The molecule has 8 fully saturated rings. The Bertz CT molecular complexity index is 2130. The summed E-state index contributed by atoms with van der Waals surface area (Å²) < 4.78 is 59.5. The fraction of sp³-hybridized carbons (Fsp3) is 0.923. The van der Waals surface area contributed by atoms with Gasteiger partial charge in [-0.05, 0) is 81.5 Å². The Morgan fingerprint density at radius 3 is 1.44 bits per heavy atom. The number of carbonyl (C=O) groups is 1. The first kappa shape index (κ1) is 64.0. The van der Waals surface area contributed by atoms with Gasteiger partial charge in [0.05, 0.1) is 44.1 Å². The van der Waals surface area contributed by atoms with Crippen LogP contribution in [0.3, 0.4) is 0 Å². The fourth-order valence-electron chi connectivity index (χ4n) is 14.2. The maximum absolute atomic E-state index is 15.0. The standard InChI is InChI=1S/C52H84O28/c1-6-20-14-49(2)12-8-27-50(3,10-7-11-51(27,4)48(70)79-46-41(36(65)31(60)24(18-56)75-46)77-44-39(68)34(63)29(58)22(16-54)73-44)26(49)9-13-52(20,5)80-47-42(78-45-40(69)35(64)30(59)23(17-55)74-45)37(66)32(61)25(76-47)19-71-43-38(67)33(62)28(57)21(15-53)72-43/h21-47,53-69H,1,7-19H2,2-5H3/t21?,22?,23?,24?,25?,26-,27?,28?,29?,30?,31?,32?,33?,34?,35?,36?,37?,38?,39?,40?,41?,42?,43?,44?,45?,46?,47?,49-,50+,51-,52-/m1/s1. The lowest BCUT2D eigenvalue weighted by atomic mass is 9.42. The minimum Gasteiger partial charge on any atom is -0.432 e. The van der Waals surface area contributed by atoms with E-state index in [1.54, 1.807) is 13.8 Å². The molecule has 28 nitrogen and oxygen atoms in total. The van der Waals surface area contributed by atoms with Gasteiger partial charge in [0.1, 0.15) is 116 Å². The average molecular weight is 1160 g/mol. The molecular formula is C52H84O28. The van der Waals surface area contributed by atoms with Gasteiger partial charge in [-0.1, -0.05) is 26.8 Å². The maximum atomic E-state index is 15.0. The van der Waals surface area contributed by atoms with Crippen LogP contribution in [0.25, 0.3) is 0 Å². The molecule has 5 heterocycles. The highest BCUT2D eigenvalue weighted by atomic mass is 16.8. The van der Waals surface area contributed by atoms with Crippen LogP contribution in [0, 0.1) is 28.1 Å². The zero-order chi connectivity index (χ0) is 58.7. The Morgan fingerprint density at radius 1 is 0.512 bits per heavy atom. The molecule has 5 aliphatic heterocycles. The topological polar surface area (TPSA) is 453 Å². The van der Waals surface area contributed by atoms with Crippen LogP contribution in [0.1, 0.15) is 79.1 Å². The van der Waals surface area contributed by atoms with Crippen molar-refractivity contribution in [3.63, 3.8) is 0 Å². The minimum atomic E-state index is -1.97. The van der Waals surface area contributed by atoms with Crippen LogP contribution in [-0.4, -0.2) is 285 Å². The second kappa shape index (κ2) is 25.1. The number of aliphatic hydroxyl groups excluding tert-OH is 17. The van der Waals surface area contributed by atoms with E-state index in [0.29, 0.717) is 50.5 Å². The summed E-state index contributed by atoms with van der Waals surface area (Å²) in [5, 5.41) is 181. The Labute approximate surface area is 461 Å². The highest BCUT2D eigenvalue weighted by Crippen LogP contribution is 2.68. The highest BCUT2D eigenvalue weighted by Gasteiger charge is 2.65. The zero-order valence-corrected chi connectivity index (χ0v) is 45.1. The zero-order valence-electron chi connectivity index (χ0n) is 45.1. The molecule has 0 radical (unpaired) electrons. The van der Waals surface area contributed by atoms with Crippen molar-refractivity contribution in [2.75, 3.05) is 33.0 Å². The maximum Gasteiger partial charge on any atom is 0.314 e. The van der Waals surface area contributed by atoms with E-state index < -0.39 is 214 Å². The second-order valence-corrected chi connectivity index (χ2v) is 24.1. The van der Waals surface area contributed by atoms with Gasteiger partial charge in [0, 0.05) is 5.57 Å². The predicted octanol–water partition coefficient (Wildman–Crippen LogP) is -6.50. The monoisotopic (exact) mass is 1160 g/mol. The first-order valence-electron chi connectivity index (χ1n) is 27.4. The van der Waals surface area contributed by atoms with E-state index in [0.717, 1.165) is 0 Å². The lowest BCUT2D eigenvalue weighted by Gasteiger charge is -2.62. The molecule has 3 saturated carbocycles. The summed E-state index contributed by atoms with van der Waals surface area (Å²) in [5.41, 5.74) is -0.105. The first-order chi connectivity index (χ1) is 37.7. The van der Waals surface area contributed by atoms with E-state index in [-0.39, 0.29) is 18.3 Å². The van der Waals surface area contributed by atoms with Crippen molar-refractivity contribution in [1.82, 2.24) is 0 Å². The number of aliphatic hydroxyl groups is 17. The van der Waals surface area contributed by atoms with Gasteiger partial charge in [0.25, 0.3) is 0 Å². The Morgan fingerprint density at radius 2 is 0.938 bits per heavy atom. The van der Waals surface area contributed by atoms with Crippen LogP contribution < -0.4 is 0 Å². The molecule has 0 aromatic heterocycles. The number of carbonyl (C=O) groups excluding carboxylic acids is 1. The molecule has 3 aliphatic carbocycles. The third-order valence-electron chi connectivity index (χ3n) is 19.0. The third-order valence-corrected chi connectivity index (χ3v) is 19.0. The summed E-state index contributed by atoms with van der Waals surface area (Å²) in [5.74, 6) is -1.30. The van der Waals surface area contributed by atoms with Crippen molar-refractivity contribution in [3.05, 3.63) is 17.9 Å². The van der Waals surface area contributed by atoms with Gasteiger partial charge in [0.15, 0.2) is 31.3 Å². The van der Waals surface area contributed by atoms with Gasteiger partial charge in [0.2, 0.25) is 6.29 Å². The van der Waals surface area contributed by atoms with Gasteiger partial charge >= 0.3 is 5.97 Å². The molecule has 80 heavy (non-hydrogen) atoms.